The zero-order chi connectivity index (χ0) is 17.9. The van der Waals surface area contributed by atoms with Crippen LogP contribution in [0.5, 0.6) is 0 Å². The molecule has 0 radical (unpaired) electrons. The molecule has 2 N–H and O–H groups in total. The molecule has 8 heteroatoms. The molecule has 0 spiro atoms. The van der Waals surface area contributed by atoms with Crippen molar-refractivity contribution in [2.45, 2.75) is 23.6 Å². The Labute approximate surface area is 152 Å². The minimum atomic E-state index is -3.63. The fraction of sp³-hybridized carbons (Fsp3) is 0.412. The number of hydrogen-bond donors (Lipinski definition) is 2. The second-order valence-electron chi connectivity index (χ2n) is 6.04. The zero-order valence-corrected chi connectivity index (χ0v) is 15.4. The van der Waals surface area contributed by atoms with E-state index in [0.717, 1.165) is 4.88 Å². The summed E-state index contributed by atoms with van der Waals surface area (Å²) in [6.45, 7) is 1.20. The first-order valence-electron chi connectivity index (χ1n) is 8.13. The SMILES string of the molecule is O=S(=O)(c1ccccc1)N1C[C@@H](O)[C@H](N(CCO)Cc2cccs2)C1. The molecule has 1 fully saturated rings. The van der Waals surface area contributed by atoms with Gasteiger partial charge in [-0.1, -0.05) is 24.3 Å². The Balaban J connectivity index is 1.77. The fourth-order valence-corrected chi connectivity index (χ4v) is 5.35. The van der Waals surface area contributed by atoms with Crippen LogP contribution in [0.3, 0.4) is 0 Å². The van der Waals surface area contributed by atoms with Gasteiger partial charge in [0.15, 0.2) is 0 Å². The Kier molecular flexibility index (Phi) is 5.88. The monoisotopic (exact) mass is 382 g/mol. The topological polar surface area (TPSA) is 81.1 Å². The van der Waals surface area contributed by atoms with E-state index < -0.39 is 16.1 Å². The Morgan fingerprint density at radius 3 is 2.56 bits per heavy atom. The molecule has 1 aromatic carbocycles. The van der Waals surface area contributed by atoms with Crippen LogP contribution in [0.25, 0.3) is 0 Å². The zero-order valence-electron chi connectivity index (χ0n) is 13.7. The van der Waals surface area contributed by atoms with Crippen molar-refractivity contribution in [3.63, 3.8) is 0 Å². The summed E-state index contributed by atoms with van der Waals surface area (Å²) in [6, 6.07) is 11.9. The van der Waals surface area contributed by atoms with Crippen molar-refractivity contribution < 1.29 is 18.6 Å². The van der Waals surface area contributed by atoms with E-state index in [0.29, 0.717) is 13.1 Å². The van der Waals surface area contributed by atoms with Crippen LogP contribution in [0.15, 0.2) is 52.7 Å². The molecule has 2 atom stereocenters. The van der Waals surface area contributed by atoms with Gasteiger partial charge in [-0.05, 0) is 23.6 Å². The Hall–Kier alpha value is -1.29. The lowest BCUT2D eigenvalue weighted by atomic mass is 10.1. The van der Waals surface area contributed by atoms with Gasteiger partial charge in [0.1, 0.15) is 0 Å². The van der Waals surface area contributed by atoms with Gasteiger partial charge in [0.2, 0.25) is 10.0 Å². The minimum absolute atomic E-state index is 0.0416. The van der Waals surface area contributed by atoms with Gasteiger partial charge < -0.3 is 10.2 Å². The molecule has 136 valence electrons. The van der Waals surface area contributed by atoms with Gasteiger partial charge in [-0.15, -0.1) is 11.3 Å². The normalized spacial score (nSPS) is 21.9. The molecule has 3 rings (SSSR count). The molecule has 1 aromatic heterocycles. The number of aliphatic hydroxyl groups excluding tert-OH is 2. The van der Waals surface area contributed by atoms with Gasteiger partial charge in [0, 0.05) is 31.1 Å². The number of thiophene rings is 1. The fourth-order valence-electron chi connectivity index (χ4n) is 3.13. The van der Waals surface area contributed by atoms with Crippen molar-refractivity contribution in [3.05, 3.63) is 52.7 Å². The number of β-amino-alcohol motifs (C(OH)–C–C–N with tert-alkyl or cyclic N) is 1. The predicted octanol–water partition coefficient (Wildman–Crippen LogP) is 0.976. The van der Waals surface area contributed by atoms with Gasteiger partial charge in [-0.3, -0.25) is 4.90 Å². The van der Waals surface area contributed by atoms with Crippen LogP contribution in [0.2, 0.25) is 0 Å². The summed E-state index contributed by atoms with van der Waals surface area (Å²) < 4.78 is 26.9. The van der Waals surface area contributed by atoms with Gasteiger partial charge in [-0.2, -0.15) is 4.31 Å². The first-order chi connectivity index (χ1) is 12.0. The smallest absolute Gasteiger partial charge is 0.243 e. The second kappa shape index (κ2) is 7.94. The third kappa shape index (κ3) is 4.11. The molecule has 0 aliphatic carbocycles. The van der Waals surface area contributed by atoms with Gasteiger partial charge >= 0.3 is 0 Å². The quantitative estimate of drug-likeness (QED) is 0.746. The van der Waals surface area contributed by atoms with E-state index in [2.05, 4.69) is 0 Å². The molecule has 6 nitrogen and oxygen atoms in total. The predicted molar refractivity (Wildman–Crippen MR) is 96.8 cm³/mol. The summed E-state index contributed by atoms with van der Waals surface area (Å²) in [5.74, 6) is 0. The number of aliphatic hydroxyl groups is 2. The summed E-state index contributed by atoms with van der Waals surface area (Å²) in [4.78, 5) is 3.30. The van der Waals surface area contributed by atoms with E-state index in [4.69, 9.17) is 0 Å². The first-order valence-corrected chi connectivity index (χ1v) is 10.4. The van der Waals surface area contributed by atoms with Crippen molar-refractivity contribution in [3.8, 4) is 0 Å². The third-order valence-electron chi connectivity index (χ3n) is 4.40. The molecule has 1 aliphatic rings. The molecule has 0 saturated carbocycles. The average Bonchev–Trinajstić information content (AvgIpc) is 3.25. The number of nitrogens with zero attached hydrogens (tertiary/aromatic N) is 2. The van der Waals surface area contributed by atoms with E-state index >= 15 is 0 Å². The van der Waals surface area contributed by atoms with Gasteiger partial charge in [0.25, 0.3) is 0 Å². The van der Waals surface area contributed by atoms with Crippen LogP contribution >= 0.6 is 11.3 Å². The molecule has 25 heavy (non-hydrogen) atoms. The van der Waals surface area contributed by atoms with Crippen molar-refractivity contribution in [1.82, 2.24) is 9.21 Å². The average molecular weight is 383 g/mol. The van der Waals surface area contributed by atoms with Crippen molar-refractivity contribution in [2.24, 2.45) is 0 Å². The van der Waals surface area contributed by atoms with E-state index in [1.807, 2.05) is 22.4 Å². The highest BCUT2D eigenvalue weighted by atomic mass is 32.2. The highest BCUT2D eigenvalue weighted by molar-refractivity contribution is 7.89. The molecule has 0 unspecified atom stereocenters. The van der Waals surface area contributed by atoms with Gasteiger partial charge in [-0.25, -0.2) is 8.42 Å². The van der Waals surface area contributed by atoms with Crippen molar-refractivity contribution >= 4 is 21.4 Å². The molecule has 1 saturated heterocycles. The lowest BCUT2D eigenvalue weighted by molar-refractivity contribution is 0.0661. The lowest BCUT2D eigenvalue weighted by Crippen LogP contribution is -2.44. The Morgan fingerprint density at radius 2 is 1.92 bits per heavy atom. The van der Waals surface area contributed by atoms with E-state index in [1.54, 1.807) is 41.7 Å². The van der Waals surface area contributed by atoms with Crippen LogP contribution in [0.1, 0.15) is 4.88 Å². The first kappa shape index (κ1) is 18.5. The third-order valence-corrected chi connectivity index (χ3v) is 7.11. The number of sulfonamides is 1. The second-order valence-corrected chi connectivity index (χ2v) is 9.01. The van der Waals surface area contributed by atoms with Crippen LogP contribution in [-0.2, 0) is 16.6 Å². The maximum absolute atomic E-state index is 12.8. The number of hydrogen-bond acceptors (Lipinski definition) is 6. The van der Waals surface area contributed by atoms with Crippen LogP contribution in [0.4, 0.5) is 0 Å². The van der Waals surface area contributed by atoms with Gasteiger partial charge in [0.05, 0.1) is 23.6 Å². The van der Waals surface area contributed by atoms with Crippen LogP contribution < -0.4 is 0 Å². The summed E-state index contributed by atoms with van der Waals surface area (Å²) in [5.41, 5.74) is 0. The molecule has 2 aromatic rings. The van der Waals surface area contributed by atoms with Crippen molar-refractivity contribution in [2.75, 3.05) is 26.2 Å². The summed E-state index contributed by atoms with van der Waals surface area (Å²) in [7, 11) is -3.63. The Morgan fingerprint density at radius 1 is 1.16 bits per heavy atom. The summed E-state index contributed by atoms with van der Waals surface area (Å²) in [6.07, 6.45) is -0.787. The molecule has 1 aliphatic heterocycles. The standard InChI is InChI=1S/C17H22N2O4S2/c20-9-8-18(11-14-5-4-10-24-14)16-12-19(13-17(16)21)25(22,23)15-6-2-1-3-7-15/h1-7,10,16-17,20-21H,8-9,11-13H2/t16-,17-/m1/s1. The molecular weight excluding hydrogens is 360 g/mol. The summed E-state index contributed by atoms with van der Waals surface area (Å²) in [5, 5.41) is 21.8. The summed E-state index contributed by atoms with van der Waals surface area (Å²) >= 11 is 1.60. The molecule has 0 bridgehead atoms. The highest BCUT2D eigenvalue weighted by Crippen LogP contribution is 2.25. The van der Waals surface area contributed by atoms with E-state index in [9.17, 15) is 18.6 Å². The largest absolute Gasteiger partial charge is 0.395 e. The number of benzene rings is 1. The number of rotatable bonds is 7. The maximum atomic E-state index is 12.8. The molecule has 2 heterocycles. The lowest BCUT2D eigenvalue weighted by Gasteiger charge is -2.29. The maximum Gasteiger partial charge on any atom is 0.243 e. The van der Waals surface area contributed by atoms with Crippen LogP contribution in [0, 0.1) is 0 Å². The van der Waals surface area contributed by atoms with Crippen molar-refractivity contribution in [1.29, 1.82) is 0 Å². The van der Waals surface area contributed by atoms with E-state index in [-0.39, 0.29) is 30.6 Å². The molecular formula is C17H22N2O4S2. The minimum Gasteiger partial charge on any atom is -0.395 e. The highest BCUT2D eigenvalue weighted by Gasteiger charge is 2.41. The van der Waals surface area contributed by atoms with Crippen LogP contribution in [-0.4, -0.2) is 66.2 Å². The van der Waals surface area contributed by atoms with E-state index in [1.165, 1.54) is 4.31 Å². The molecule has 0 amide bonds. The Bertz CT molecular complexity index is 765.